The van der Waals surface area contributed by atoms with Gasteiger partial charge in [0.15, 0.2) is 0 Å². The molecule has 0 spiro atoms. The van der Waals surface area contributed by atoms with E-state index in [9.17, 15) is 5.11 Å². The normalized spacial score (nSPS) is 22.5. The molecule has 1 saturated carbocycles. The lowest BCUT2D eigenvalue weighted by atomic mass is 10.0. The summed E-state index contributed by atoms with van der Waals surface area (Å²) in [5, 5.41) is 15.5. The van der Waals surface area contributed by atoms with Crippen molar-refractivity contribution in [2.75, 3.05) is 37.6 Å². The van der Waals surface area contributed by atoms with Crippen LogP contribution in [0, 0.1) is 5.92 Å². The van der Waals surface area contributed by atoms with Crippen LogP contribution in [0.2, 0.25) is 10.0 Å². The number of hydrogen-bond acceptors (Lipinski definition) is 5. The van der Waals surface area contributed by atoms with E-state index in [4.69, 9.17) is 28.2 Å². The van der Waals surface area contributed by atoms with Gasteiger partial charge in [0.25, 0.3) is 0 Å². The SMILES string of the molecule is [O-]C(=NC(Cc1ccc(SC2CC2)c(Cl)c1)CN1CCCC1)[C@@H]1CCN(c2ccc(Cl)cc2)C1. The van der Waals surface area contributed by atoms with Crippen LogP contribution in [-0.4, -0.2) is 54.8 Å². The number of halogens is 2. The Labute approximate surface area is 217 Å². The quantitative estimate of drug-likeness (QED) is 0.324. The van der Waals surface area contributed by atoms with Crippen molar-refractivity contribution in [1.29, 1.82) is 0 Å². The Balaban J connectivity index is 1.27. The van der Waals surface area contributed by atoms with Crippen LogP contribution in [0.1, 0.15) is 37.7 Å². The van der Waals surface area contributed by atoms with Gasteiger partial charge in [0.1, 0.15) is 0 Å². The highest BCUT2D eigenvalue weighted by atomic mass is 35.5. The number of aliphatic imine (C=N–C) groups is 1. The second-order valence-electron chi connectivity index (χ2n) is 9.82. The molecule has 1 unspecified atom stereocenters. The summed E-state index contributed by atoms with van der Waals surface area (Å²) in [6, 6.07) is 14.2. The van der Waals surface area contributed by atoms with Gasteiger partial charge in [-0.2, -0.15) is 0 Å². The Morgan fingerprint density at radius 3 is 2.50 bits per heavy atom. The molecule has 2 aromatic carbocycles. The molecule has 0 aromatic heterocycles. The highest BCUT2D eigenvalue weighted by molar-refractivity contribution is 8.00. The average Bonchev–Trinajstić information content (AvgIpc) is 3.26. The van der Waals surface area contributed by atoms with Crippen LogP contribution in [-0.2, 0) is 6.42 Å². The summed E-state index contributed by atoms with van der Waals surface area (Å²) in [5.74, 6) is 0.00493. The molecule has 4 nitrogen and oxygen atoms in total. The molecule has 0 N–H and O–H groups in total. The van der Waals surface area contributed by atoms with Crippen molar-refractivity contribution in [1.82, 2.24) is 4.90 Å². The van der Waals surface area contributed by atoms with E-state index in [0.29, 0.717) is 0 Å². The maximum absolute atomic E-state index is 13.2. The molecule has 5 rings (SSSR count). The Hall–Kier alpha value is -1.40. The predicted molar refractivity (Wildman–Crippen MR) is 143 cm³/mol. The van der Waals surface area contributed by atoms with Gasteiger partial charge in [-0.15, -0.1) is 11.8 Å². The minimum atomic E-state index is -0.0438. The van der Waals surface area contributed by atoms with Crippen molar-refractivity contribution in [2.24, 2.45) is 10.9 Å². The zero-order chi connectivity index (χ0) is 23.5. The second-order valence-corrected chi connectivity index (χ2v) is 12.0. The van der Waals surface area contributed by atoms with Crippen LogP contribution < -0.4 is 10.0 Å². The molecule has 2 aromatic rings. The molecule has 34 heavy (non-hydrogen) atoms. The minimum Gasteiger partial charge on any atom is -0.862 e. The van der Waals surface area contributed by atoms with E-state index in [2.05, 4.69) is 28.0 Å². The molecule has 2 heterocycles. The third-order valence-corrected chi connectivity index (χ3v) is 9.08. The van der Waals surface area contributed by atoms with E-state index < -0.39 is 0 Å². The van der Waals surface area contributed by atoms with Crippen molar-refractivity contribution >= 4 is 46.5 Å². The molecule has 7 heteroatoms. The lowest BCUT2D eigenvalue weighted by Gasteiger charge is -2.26. The predicted octanol–water partition coefficient (Wildman–Crippen LogP) is 5.54. The highest BCUT2D eigenvalue weighted by Gasteiger charge is 2.25. The van der Waals surface area contributed by atoms with Crippen molar-refractivity contribution in [3.8, 4) is 0 Å². The molecular formula is C27H32Cl2N3OS-. The average molecular weight is 518 g/mol. The Morgan fingerprint density at radius 2 is 1.79 bits per heavy atom. The molecule has 2 aliphatic heterocycles. The topological polar surface area (TPSA) is 41.9 Å². The van der Waals surface area contributed by atoms with Crippen LogP contribution in [0.15, 0.2) is 52.4 Å². The number of hydrogen-bond donors (Lipinski definition) is 0. The van der Waals surface area contributed by atoms with Crippen molar-refractivity contribution in [2.45, 2.75) is 54.7 Å². The van der Waals surface area contributed by atoms with Gasteiger partial charge in [0.05, 0.1) is 11.1 Å². The summed E-state index contributed by atoms with van der Waals surface area (Å²) >= 11 is 14.5. The van der Waals surface area contributed by atoms with Crippen LogP contribution in [0.5, 0.6) is 0 Å². The van der Waals surface area contributed by atoms with Crippen LogP contribution in [0.3, 0.4) is 0 Å². The van der Waals surface area contributed by atoms with Gasteiger partial charge >= 0.3 is 0 Å². The van der Waals surface area contributed by atoms with Gasteiger partial charge in [-0.05, 0) is 99.5 Å². The molecule has 182 valence electrons. The van der Waals surface area contributed by atoms with E-state index in [1.165, 1.54) is 36.1 Å². The van der Waals surface area contributed by atoms with E-state index in [1.54, 1.807) is 0 Å². The van der Waals surface area contributed by atoms with E-state index in [1.807, 2.05) is 36.0 Å². The number of benzene rings is 2. The third kappa shape index (κ3) is 6.42. The van der Waals surface area contributed by atoms with E-state index in [-0.39, 0.29) is 17.9 Å². The van der Waals surface area contributed by atoms with E-state index >= 15 is 0 Å². The molecule has 3 aliphatic rings. The first-order chi connectivity index (χ1) is 16.5. The van der Waals surface area contributed by atoms with Crippen molar-refractivity contribution in [3.05, 3.63) is 58.1 Å². The monoisotopic (exact) mass is 516 g/mol. The summed E-state index contributed by atoms with van der Waals surface area (Å²) in [6.45, 7) is 4.65. The number of thioether (sulfide) groups is 1. The van der Waals surface area contributed by atoms with Crippen LogP contribution in [0.4, 0.5) is 5.69 Å². The molecule has 2 saturated heterocycles. The molecule has 3 fully saturated rings. The molecule has 0 bridgehead atoms. The third-order valence-electron chi connectivity index (χ3n) is 6.99. The lowest BCUT2D eigenvalue weighted by Crippen LogP contribution is -2.36. The first kappa shape index (κ1) is 24.3. The molecule has 0 radical (unpaired) electrons. The zero-order valence-corrected chi connectivity index (χ0v) is 21.8. The molecular weight excluding hydrogens is 485 g/mol. The van der Waals surface area contributed by atoms with Gasteiger partial charge in [-0.3, -0.25) is 0 Å². The molecule has 2 atom stereocenters. The summed E-state index contributed by atoms with van der Waals surface area (Å²) in [7, 11) is 0. The minimum absolute atomic E-state index is 0.0341. The van der Waals surface area contributed by atoms with Gasteiger partial charge in [0.2, 0.25) is 0 Å². The Kier molecular flexibility index (Phi) is 7.94. The first-order valence-corrected chi connectivity index (χ1v) is 14.1. The van der Waals surface area contributed by atoms with Crippen molar-refractivity contribution in [3.63, 3.8) is 0 Å². The zero-order valence-electron chi connectivity index (χ0n) is 19.5. The number of anilines is 1. The fraction of sp³-hybridized carbons (Fsp3) is 0.519. The maximum Gasteiger partial charge on any atom is 0.0655 e. The second kappa shape index (κ2) is 11.1. The Bertz CT molecular complexity index is 1010. The first-order valence-electron chi connectivity index (χ1n) is 12.5. The van der Waals surface area contributed by atoms with Gasteiger partial charge in [-0.1, -0.05) is 29.3 Å². The summed E-state index contributed by atoms with van der Waals surface area (Å²) in [4.78, 5) is 10.7. The largest absolute Gasteiger partial charge is 0.862 e. The van der Waals surface area contributed by atoms with Crippen LogP contribution in [0.25, 0.3) is 0 Å². The lowest BCUT2D eigenvalue weighted by molar-refractivity contribution is -0.223. The number of rotatable bonds is 9. The standard InChI is InChI=1S/C27H33Cl2N3OS/c28-21-4-6-23(7-5-21)32-14-11-20(17-32)27(33)30-22(18-31-12-1-2-13-31)15-19-3-10-26(25(29)16-19)34-24-8-9-24/h3-7,10,16,20,22,24H,1-2,8-9,11-15,17-18H2,(H,30,33)/p-1/t20-,22?/m1/s1. The maximum atomic E-state index is 13.2. The van der Waals surface area contributed by atoms with Gasteiger partial charge < -0.3 is 19.9 Å². The smallest absolute Gasteiger partial charge is 0.0655 e. The number of nitrogens with zero attached hydrogens (tertiary/aromatic N) is 3. The fourth-order valence-corrected chi connectivity index (χ4v) is 6.46. The summed E-state index contributed by atoms with van der Waals surface area (Å²) < 4.78 is 0. The van der Waals surface area contributed by atoms with Gasteiger partial charge in [0, 0.05) is 46.4 Å². The summed E-state index contributed by atoms with van der Waals surface area (Å²) in [5.41, 5.74) is 2.28. The van der Waals surface area contributed by atoms with Gasteiger partial charge in [-0.25, -0.2) is 0 Å². The molecule has 1 aliphatic carbocycles. The Morgan fingerprint density at radius 1 is 1.03 bits per heavy atom. The van der Waals surface area contributed by atoms with Crippen molar-refractivity contribution < 1.29 is 5.11 Å². The fourth-order valence-electron chi connectivity index (χ4n) is 4.95. The highest BCUT2D eigenvalue weighted by Crippen LogP contribution is 2.42. The number of likely N-dealkylation sites (tertiary alicyclic amines) is 1. The summed E-state index contributed by atoms with van der Waals surface area (Å²) in [6.07, 6.45) is 6.65. The van der Waals surface area contributed by atoms with Crippen LogP contribution >= 0.6 is 35.0 Å². The molecule has 0 amide bonds. The van der Waals surface area contributed by atoms with E-state index in [0.717, 1.165) is 66.5 Å².